The van der Waals surface area contributed by atoms with E-state index in [2.05, 4.69) is 10.3 Å². The normalized spacial score (nSPS) is 11.7. The first kappa shape index (κ1) is 15.9. The topological polar surface area (TPSA) is 72.9 Å². The first-order chi connectivity index (χ1) is 11.3. The zero-order valence-electron chi connectivity index (χ0n) is 12.6. The number of nitrogens with zero attached hydrogens (tertiary/aromatic N) is 2. The number of benzene rings is 1. The number of pyridine rings is 2. The molecule has 124 valence electrons. The highest BCUT2D eigenvalue weighted by Crippen LogP contribution is 2.32. The number of nitrogens with two attached hydrogens (primary N) is 1. The predicted molar refractivity (Wildman–Crippen MR) is 86.3 cm³/mol. The second-order valence-electron chi connectivity index (χ2n) is 5.08. The summed E-state index contributed by atoms with van der Waals surface area (Å²) in [5, 5.41) is 3.08. The molecule has 0 unspecified atom stereocenters. The third-order valence-electron chi connectivity index (χ3n) is 3.61. The van der Waals surface area contributed by atoms with Crippen molar-refractivity contribution in [1.29, 1.82) is 0 Å². The van der Waals surface area contributed by atoms with E-state index in [9.17, 15) is 18.0 Å². The van der Waals surface area contributed by atoms with E-state index in [0.29, 0.717) is 11.1 Å². The zero-order valence-corrected chi connectivity index (χ0v) is 12.6. The molecule has 3 aromatic rings. The van der Waals surface area contributed by atoms with E-state index < -0.39 is 17.4 Å². The van der Waals surface area contributed by atoms with Crippen LogP contribution in [0.4, 0.5) is 24.5 Å². The SMILES string of the molecule is CNc1c(N)c(=O)n(-c2ccccc2)c2nc(C(F)(F)F)ccc12. The molecular weight excluding hydrogens is 321 g/mol. The molecule has 0 aliphatic heterocycles. The zero-order chi connectivity index (χ0) is 17.5. The van der Waals surface area contributed by atoms with E-state index in [-0.39, 0.29) is 17.0 Å². The van der Waals surface area contributed by atoms with Crippen LogP contribution in [0.3, 0.4) is 0 Å². The predicted octanol–water partition coefficient (Wildman–Crippen LogP) is 3.03. The van der Waals surface area contributed by atoms with Gasteiger partial charge in [-0.15, -0.1) is 0 Å². The Balaban J connectivity index is 2.49. The third kappa shape index (κ3) is 2.45. The summed E-state index contributed by atoms with van der Waals surface area (Å²) in [5.41, 5.74) is 4.60. The summed E-state index contributed by atoms with van der Waals surface area (Å²) in [6.07, 6.45) is -4.62. The number of hydrogen-bond donors (Lipinski definition) is 2. The van der Waals surface area contributed by atoms with E-state index in [1.165, 1.54) is 13.1 Å². The fraction of sp³-hybridized carbons (Fsp3) is 0.125. The molecule has 3 N–H and O–H groups in total. The average molecular weight is 334 g/mol. The second-order valence-corrected chi connectivity index (χ2v) is 5.08. The van der Waals surface area contributed by atoms with Crippen molar-refractivity contribution in [3.63, 3.8) is 0 Å². The smallest absolute Gasteiger partial charge is 0.393 e. The molecule has 0 fully saturated rings. The van der Waals surface area contributed by atoms with Crippen LogP contribution >= 0.6 is 0 Å². The lowest BCUT2D eigenvalue weighted by Crippen LogP contribution is -2.25. The Hall–Kier alpha value is -3.03. The maximum absolute atomic E-state index is 13.0. The van der Waals surface area contributed by atoms with Gasteiger partial charge in [-0.2, -0.15) is 13.2 Å². The highest BCUT2D eigenvalue weighted by atomic mass is 19.4. The Labute approximate surface area is 134 Å². The second kappa shape index (κ2) is 5.55. The summed E-state index contributed by atoms with van der Waals surface area (Å²) in [6, 6.07) is 10.4. The Kier molecular flexibility index (Phi) is 3.67. The molecule has 24 heavy (non-hydrogen) atoms. The van der Waals surface area contributed by atoms with Crippen molar-refractivity contribution >= 4 is 22.4 Å². The van der Waals surface area contributed by atoms with Crippen LogP contribution in [-0.2, 0) is 6.18 Å². The van der Waals surface area contributed by atoms with Crippen molar-refractivity contribution < 1.29 is 13.2 Å². The molecule has 0 radical (unpaired) electrons. The van der Waals surface area contributed by atoms with Crippen LogP contribution in [0, 0.1) is 0 Å². The van der Waals surface area contributed by atoms with Crippen molar-refractivity contribution in [3.8, 4) is 5.69 Å². The van der Waals surface area contributed by atoms with Crippen LogP contribution in [0.1, 0.15) is 5.69 Å². The number of nitrogen functional groups attached to an aromatic ring is 1. The summed E-state index contributed by atoms with van der Waals surface area (Å²) in [4.78, 5) is 16.3. The number of fused-ring (bicyclic) bond motifs is 1. The summed E-state index contributed by atoms with van der Waals surface area (Å²) >= 11 is 0. The summed E-state index contributed by atoms with van der Waals surface area (Å²) in [7, 11) is 1.54. The number of hydrogen-bond acceptors (Lipinski definition) is 4. The molecule has 0 bridgehead atoms. The van der Waals surface area contributed by atoms with Crippen molar-refractivity contribution in [2.75, 3.05) is 18.1 Å². The molecule has 0 saturated heterocycles. The van der Waals surface area contributed by atoms with Gasteiger partial charge in [-0.05, 0) is 24.3 Å². The number of alkyl halides is 3. The van der Waals surface area contributed by atoms with Gasteiger partial charge in [-0.25, -0.2) is 4.98 Å². The number of anilines is 2. The van der Waals surface area contributed by atoms with Crippen molar-refractivity contribution in [2.24, 2.45) is 0 Å². The molecule has 3 rings (SSSR count). The minimum Gasteiger partial charge on any atom is -0.393 e. The molecule has 0 aliphatic rings. The van der Waals surface area contributed by atoms with E-state index in [1.54, 1.807) is 30.3 Å². The maximum atomic E-state index is 13.0. The number of nitrogens with one attached hydrogen (secondary N) is 1. The fourth-order valence-electron chi connectivity index (χ4n) is 2.53. The van der Waals surface area contributed by atoms with Gasteiger partial charge in [-0.3, -0.25) is 9.36 Å². The average Bonchev–Trinajstić information content (AvgIpc) is 2.56. The first-order valence-corrected chi connectivity index (χ1v) is 7.00. The lowest BCUT2D eigenvalue weighted by molar-refractivity contribution is -0.141. The molecule has 2 aromatic heterocycles. The van der Waals surface area contributed by atoms with Gasteiger partial charge in [0.05, 0.1) is 11.4 Å². The minimum atomic E-state index is -4.62. The standard InChI is InChI=1S/C16H13F3N4O/c1-21-13-10-7-8-11(16(17,18)19)22-14(10)23(15(24)12(13)20)9-5-3-2-4-6-9/h2-8,21H,20H2,1H3. The van der Waals surface area contributed by atoms with Gasteiger partial charge >= 0.3 is 6.18 Å². The van der Waals surface area contributed by atoms with Crippen LogP contribution in [-0.4, -0.2) is 16.6 Å². The van der Waals surface area contributed by atoms with Crippen LogP contribution in [0.5, 0.6) is 0 Å². The molecule has 1 aromatic carbocycles. The minimum absolute atomic E-state index is 0.0876. The summed E-state index contributed by atoms with van der Waals surface area (Å²) < 4.78 is 40.2. The molecular formula is C16H13F3N4O. The van der Waals surface area contributed by atoms with E-state index in [1.807, 2.05) is 0 Å². The third-order valence-corrected chi connectivity index (χ3v) is 3.61. The number of aromatic nitrogens is 2. The first-order valence-electron chi connectivity index (χ1n) is 7.00. The van der Waals surface area contributed by atoms with E-state index in [4.69, 9.17) is 5.73 Å². The largest absolute Gasteiger partial charge is 0.433 e. The van der Waals surface area contributed by atoms with E-state index >= 15 is 0 Å². The fourth-order valence-corrected chi connectivity index (χ4v) is 2.53. The molecule has 8 heteroatoms. The maximum Gasteiger partial charge on any atom is 0.433 e. The monoisotopic (exact) mass is 334 g/mol. The van der Waals surface area contributed by atoms with Gasteiger partial charge in [0.25, 0.3) is 5.56 Å². The molecule has 0 saturated carbocycles. The summed E-state index contributed by atoms with van der Waals surface area (Å²) in [6.45, 7) is 0. The van der Waals surface area contributed by atoms with Crippen LogP contribution in [0.2, 0.25) is 0 Å². The quantitative estimate of drug-likeness (QED) is 0.755. The summed E-state index contributed by atoms with van der Waals surface area (Å²) in [5.74, 6) is 0. The lowest BCUT2D eigenvalue weighted by Gasteiger charge is -2.16. The van der Waals surface area contributed by atoms with Crippen LogP contribution < -0.4 is 16.6 Å². The highest BCUT2D eigenvalue weighted by molar-refractivity contribution is 5.96. The Morgan fingerprint density at radius 2 is 1.79 bits per heavy atom. The van der Waals surface area contributed by atoms with E-state index in [0.717, 1.165) is 10.6 Å². The number of para-hydroxylation sites is 1. The molecule has 0 amide bonds. The lowest BCUT2D eigenvalue weighted by atomic mass is 10.1. The number of halogens is 3. The highest BCUT2D eigenvalue weighted by Gasteiger charge is 2.33. The van der Waals surface area contributed by atoms with Gasteiger partial charge in [0.2, 0.25) is 0 Å². The van der Waals surface area contributed by atoms with Gasteiger partial charge in [0.15, 0.2) is 0 Å². The molecule has 2 heterocycles. The van der Waals surface area contributed by atoms with Crippen LogP contribution in [0.15, 0.2) is 47.3 Å². The molecule has 5 nitrogen and oxygen atoms in total. The van der Waals surface area contributed by atoms with Crippen molar-refractivity contribution in [1.82, 2.24) is 9.55 Å². The molecule has 0 atom stereocenters. The Morgan fingerprint density at radius 3 is 2.38 bits per heavy atom. The van der Waals surface area contributed by atoms with Crippen LogP contribution in [0.25, 0.3) is 16.7 Å². The molecule has 0 aliphatic carbocycles. The van der Waals surface area contributed by atoms with Gasteiger partial charge in [0, 0.05) is 12.4 Å². The Bertz CT molecular complexity index is 965. The Morgan fingerprint density at radius 1 is 1.12 bits per heavy atom. The van der Waals surface area contributed by atoms with Crippen molar-refractivity contribution in [2.45, 2.75) is 6.18 Å². The van der Waals surface area contributed by atoms with Gasteiger partial charge in [0.1, 0.15) is 17.0 Å². The van der Waals surface area contributed by atoms with Gasteiger partial charge < -0.3 is 11.1 Å². The molecule has 0 spiro atoms. The number of rotatable bonds is 2. The van der Waals surface area contributed by atoms with Crippen molar-refractivity contribution in [3.05, 3.63) is 58.5 Å². The van der Waals surface area contributed by atoms with Gasteiger partial charge in [-0.1, -0.05) is 18.2 Å².